The highest BCUT2D eigenvalue weighted by molar-refractivity contribution is 5.70. The van der Waals surface area contributed by atoms with E-state index in [1.165, 1.54) is 5.56 Å². The topological polar surface area (TPSA) is 46.5 Å². The lowest BCUT2D eigenvalue weighted by molar-refractivity contribution is -0.141. The molecule has 0 aliphatic heterocycles. The number of hydrogen-bond acceptors (Lipinski definition) is 2. The highest BCUT2D eigenvalue weighted by atomic mass is 16.5. The largest absolute Gasteiger partial charge is 0.493 e. The van der Waals surface area contributed by atoms with Gasteiger partial charge in [-0.3, -0.25) is 4.79 Å². The van der Waals surface area contributed by atoms with Gasteiger partial charge < -0.3 is 9.84 Å². The minimum atomic E-state index is -0.773. The fourth-order valence-electron chi connectivity index (χ4n) is 1.77. The van der Waals surface area contributed by atoms with Crippen LogP contribution in [-0.4, -0.2) is 17.7 Å². The number of carbonyl (C=O) groups is 1. The Labute approximate surface area is 102 Å². The van der Waals surface area contributed by atoms with Crippen molar-refractivity contribution in [2.75, 3.05) is 6.61 Å². The Morgan fingerprint density at radius 3 is 2.59 bits per heavy atom. The summed E-state index contributed by atoms with van der Waals surface area (Å²) in [4.78, 5) is 10.9. The maximum Gasteiger partial charge on any atom is 0.306 e. The number of rotatable bonds is 5. The van der Waals surface area contributed by atoms with E-state index < -0.39 is 11.9 Å². The summed E-state index contributed by atoms with van der Waals surface area (Å²) in [6, 6.07) is 3.98. The van der Waals surface area contributed by atoms with Crippen molar-refractivity contribution in [3.8, 4) is 5.75 Å². The van der Waals surface area contributed by atoms with E-state index in [9.17, 15) is 4.79 Å². The van der Waals surface area contributed by atoms with Crippen molar-refractivity contribution in [1.82, 2.24) is 0 Å². The Bertz CT molecular complexity index is 410. The standard InChI is InChI=1S/C14H20O3/c1-5-17-13-11(4)9(2)6-7-12(13)8-10(3)14(15)16/h6-7,10H,5,8H2,1-4H3,(H,15,16). The number of benzene rings is 1. The second-order valence-corrected chi connectivity index (χ2v) is 4.37. The predicted octanol–water partition coefficient (Wildman–Crippen LogP) is 2.97. The average Bonchev–Trinajstić information content (AvgIpc) is 2.28. The molecule has 0 saturated heterocycles. The summed E-state index contributed by atoms with van der Waals surface area (Å²) < 4.78 is 5.64. The Morgan fingerprint density at radius 1 is 1.41 bits per heavy atom. The first-order valence-electron chi connectivity index (χ1n) is 5.92. The van der Waals surface area contributed by atoms with Crippen LogP contribution in [0.1, 0.15) is 30.5 Å². The molecule has 0 aliphatic rings. The van der Waals surface area contributed by atoms with Crippen LogP contribution in [-0.2, 0) is 11.2 Å². The second kappa shape index (κ2) is 5.71. The molecule has 1 aromatic carbocycles. The molecule has 0 aliphatic carbocycles. The maximum atomic E-state index is 10.9. The van der Waals surface area contributed by atoms with Crippen molar-refractivity contribution in [2.24, 2.45) is 5.92 Å². The van der Waals surface area contributed by atoms with Gasteiger partial charge in [0, 0.05) is 0 Å². The van der Waals surface area contributed by atoms with Gasteiger partial charge in [-0.2, -0.15) is 0 Å². The Morgan fingerprint density at radius 2 is 2.06 bits per heavy atom. The summed E-state index contributed by atoms with van der Waals surface area (Å²) in [5.74, 6) is -0.317. The van der Waals surface area contributed by atoms with Gasteiger partial charge in [0.25, 0.3) is 0 Å². The third-order valence-corrected chi connectivity index (χ3v) is 2.99. The van der Waals surface area contributed by atoms with Crippen LogP contribution in [0, 0.1) is 19.8 Å². The number of aryl methyl sites for hydroxylation is 1. The summed E-state index contributed by atoms with van der Waals surface area (Å²) in [7, 11) is 0. The maximum absolute atomic E-state index is 10.9. The molecule has 94 valence electrons. The molecule has 0 saturated carbocycles. The number of carboxylic acids is 1. The Hall–Kier alpha value is -1.51. The number of hydrogen-bond donors (Lipinski definition) is 1. The van der Waals surface area contributed by atoms with E-state index in [2.05, 4.69) is 0 Å². The molecule has 1 N–H and O–H groups in total. The molecule has 0 bridgehead atoms. The number of ether oxygens (including phenoxy) is 1. The van der Waals surface area contributed by atoms with Crippen molar-refractivity contribution in [3.05, 3.63) is 28.8 Å². The second-order valence-electron chi connectivity index (χ2n) is 4.37. The zero-order valence-electron chi connectivity index (χ0n) is 10.9. The normalized spacial score (nSPS) is 12.2. The fraction of sp³-hybridized carbons (Fsp3) is 0.500. The first-order chi connectivity index (χ1) is 7.97. The van der Waals surface area contributed by atoms with Gasteiger partial charge in [0.05, 0.1) is 12.5 Å². The van der Waals surface area contributed by atoms with E-state index in [-0.39, 0.29) is 0 Å². The quantitative estimate of drug-likeness (QED) is 0.855. The highest BCUT2D eigenvalue weighted by Gasteiger charge is 2.16. The van der Waals surface area contributed by atoms with E-state index in [1.807, 2.05) is 32.9 Å². The van der Waals surface area contributed by atoms with E-state index in [1.54, 1.807) is 6.92 Å². The molecular weight excluding hydrogens is 216 g/mol. The third-order valence-electron chi connectivity index (χ3n) is 2.99. The molecule has 3 heteroatoms. The van der Waals surface area contributed by atoms with Crippen LogP contribution >= 0.6 is 0 Å². The molecule has 0 spiro atoms. The summed E-state index contributed by atoms with van der Waals surface area (Å²) >= 11 is 0. The van der Waals surface area contributed by atoms with Gasteiger partial charge >= 0.3 is 5.97 Å². The van der Waals surface area contributed by atoms with Gasteiger partial charge in [-0.1, -0.05) is 19.1 Å². The van der Waals surface area contributed by atoms with Crippen LogP contribution in [0.3, 0.4) is 0 Å². The first-order valence-corrected chi connectivity index (χ1v) is 5.92. The molecule has 0 radical (unpaired) electrons. The van der Waals surface area contributed by atoms with E-state index >= 15 is 0 Å². The summed E-state index contributed by atoms with van der Waals surface area (Å²) in [5, 5.41) is 8.95. The first kappa shape index (κ1) is 13.6. The lowest BCUT2D eigenvalue weighted by Crippen LogP contribution is -2.13. The highest BCUT2D eigenvalue weighted by Crippen LogP contribution is 2.28. The lowest BCUT2D eigenvalue weighted by Gasteiger charge is -2.16. The Kier molecular flexibility index (Phi) is 4.55. The fourth-order valence-corrected chi connectivity index (χ4v) is 1.77. The molecule has 1 unspecified atom stereocenters. The third kappa shape index (κ3) is 3.22. The van der Waals surface area contributed by atoms with Crippen LogP contribution < -0.4 is 4.74 Å². The molecule has 1 atom stereocenters. The molecule has 0 amide bonds. The van der Waals surface area contributed by atoms with Crippen LogP contribution in [0.5, 0.6) is 5.75 Å². The average molecular weight is 236 g/mol. The van der Waals surface area contributed by atoms with E-state index in [4.69, 9.17) is 9.84 Å². The molecule has 3 nitrogen and oxygen atoms in total. The minimum absolute atomic E-state index is 0.392. The van der Waals surface area contributed by atoms with Crippen LogP contribution in [0.4, 0.5) is 0 Å². The molecule has 0 heterocycles. The van der Waals surface area contributed by atoms with Gasteiger partial charge in [-0.15, -0.1) is 0 Å². The van der Waals surface area contributed by atoms with Crippen LogP contribution in [0.2, 0.25) is 0 Å². The lowest BCUT2D eigenvalue weighted by atomic mass is 9.96. The Balaban J connectivity index is 3.06. The molecule has 0 fully saturated rings. The van der Waals surface area contributed by atoms with Crippen molar-refractivity contribution in [1.29, 1.82) is 0 Å². The monoisotopic (exact) mass is 236 g/mol. The van der Waals surface area contributed by atoms with Gasteiger partial charge in [0.1, 0.15) is 5.75 Å². The van der Waals surface area contributed by atoms with Gasteiger partial charge in [-0.25, -0.2) is 0 Å². The SMILES string of the molecule is CCOc1c(CC(C)C(=O)O)ccc(C)c1C. The summed E-state index contributed by atoms with van der Waals surface area (Å²) in [6.07, 6.45) is 0.506. The summed E-state index contributed by atoms with van der Waals surface area (Å²) in [5.41, 5.74) is 3.24. The zero-order valence-corrected chi connectivity index (χ0v) is 10.9. The van der Waals surface area contributed by atoms with Gasteiger partial charge in [0.15, 0.2) is 0 Å². The summed E-state index contributed by atoms with van der Waals surface area (Å²) in [6.45, 7) is 8.29. The molecule has 0 aromatic heterocycles. The van der Waals surface area contributed by atoms with Crippen LogP contribution in [0.25, 0.3) is 0 Å². The van der Waals surface area contributed by atoms with E-state index in [0.29, 0.717) is 13.0 Å². The molecule has 1 rings (SSSR count). The number of carboxylic acid groups (broad SMARTS) is 1. The predicted molar refractivity (Wildman–Crippen MR) is 67.6 cm³/mol. The molecule has 17 heavy (non-hydrogen) atoms. The number of aliphatic carboxylic acids is 1. The van der Waals surface area contributed by atoms with E-state index in [0.717, 1.165) is 16.9 Å². The zero-order chi connectivity index (χ0) is 13.0. The minimum Gasteiger partial charge on any atom is -0.493 e. The van der Waals surface area contributed by atoms with Crippen molar-refractivity contribution < 1.29 is 14.6 Å². The molecule has 1 aromatic rings. The smallest absolute Gasteiger partial charge is 0.306 e. The van der Waals surface area contributed by atoms with Crippen LogP contribution in [0.15, 0.2) is 12.1 Å². The van der Waals surface area contributed by atoms with Crippen molar-refractivity contribution in [2.45, 2.75) is 34.1 Å². The van der Waals surface area contributed by atoms with Crippen molar-refractivity contribution >= 4 is 5.97 Å². The van der Waals surface area contributed by atoms with Gasteiger partial charge in [0.2, 0.25) is 0 Å². The van der Waals surface area contributed by atoms with Crippen molar-refractivity contribution in [3.63, 3.8) is 0 Å². The van der Waals surface area contributed by atoms with Gasteiger partial charge in [-0.05, 0) is 43.9 Å². The molecular formula is C14H20O3.